The molecule has 1 unspecified atom stereocenters. The van der Waals surface area contributed by atoms with E-state index in [4.69, 9.17) is 16.3 Å². The van der Waals surface area contributed by atoms with Gasteiger partial charge in [-0.05, 0) is 73.9 Å². The second-order valence-corrected chi connectivity index (χ2v) is 13.0. The van der Waals surface area contributed by atoms with E-state index in [1.54, 1.807) is 62.6 Å². The molecule has 0 spiro atoms. The maximum atomic E-state index is 14.5. The predicted molar refractivity (Wildman–Crippen MR) is 178 cm³/mol. The summed E-state index contributed by atoms with van der Waals surface area (Å²) in [4.78, 5) is 29.6. The maximum absolute atomic E-state index is 14.5. The van der Waals surface area contributed by atoms with Crippen LogP contribution in [-0.4, -0.2) is 51.4 Å². The van der Waals surface area contributed by atoms with Gasteiger partial charge in [0.1, 0.15) is 18.3 Å². The normalized spacial score (nSPS) is 11.8. The van der Waals surface area contributed by atoms with E-state index in [2.05, 4.69) is 5.32 Å². The first kappa shape index (κ1) is 33.6. The molecule has 4 aromatic carbocycles. The zero-order valence-electron chi connectivity index (χ0n) is 25.9. The van der Waals surface area contributed by atoms with Crippen LogP contribution >= 0.6 is 11.6 Å². The number of nitrogens with one attached hydrogen (secondary N) is 1. The van der Waals surface area contributed by atoms with Crippen molar-refractivity contribution in [2.24, 2.45) is 0 Å². The lowest BCUT2D eigenvalue weighted by Crippen LogP contribution is -2.53. The number of methoxy groups -OCH3 is 1. The number of amides is 2. The fourth-order valence-corrected chi connectivity index (χ4v) is 6.67. The average Bonchev–Trinajstić information content (AvgIpc) is 3.03. The summed E-state index contributed by atoms with van der Waals surface area (Å²) in [5.74, 6) is -0.305. The van der Waals surface area contributed by atoms with Crippen molar-refractivity contribution in [3.8, 4) is 5.75 Å². The van der Waals surface area contributed by atoms with Crippen molar-refractivity contribution >= 4 is 39.1 Å². The topological polar surface area (TPSA) is 96.0 Å². The van der Waals surface area contributed by atoms with Gasteiger partial charge < -0.3 is 15.0 Å². The highest BCUT2D eigenvalue weighted by Crippen LogP contribution is 2.31. The number of halogens is 1. The molecule has 0 saturated carbocycles. The summed E-state index contributed by atoms with van der Waals surface area (Å²) in [5.41, 5.74) is 3.25. The number of ether oxygens (including phenoxy) is 1. The smallest absolute Gasteiger partial charge is 0.264 e. The molecule has 8 nitrogen and oxygen atoms in total. The van der Waals surface area contributed by atoms with Crippen LogP contribution in [-0.2, 0) is 32.6 Å². The van der Waals surface area contributed by atoms with Crippen LogP contribution in [0.4, 0.5) is 5.69 Å². The molecule has 4 aromatic rings. The van der Waals surface area contributed by atoms with Crippen LogP contribution in [0.5, 0.6) is 5.75 Å². The highest BCUT2D eigenvalue weighted by atomic mass is 35.5. The Morgan fingerprint density at radius 2 is 1.56 bits per heavy atom. The van der Waals surface area contributed by atoms with Crippen LogP contribution in [0.25, 0.3) is 0 Å². The summed E-state index contributed by atoms with van der Waals surface area (Å²) in [6.07, 6.45) is 0.225. The molecule has 10 heteroatoms. The van der Waals surface area contributed by atoms with Crippen molar-refractivity contribution < 1.29 is 22.7 Å². The minimum absolute atomic E-state index is 0.0317. The van der Waals surface area contributed by atoms with Crippen molar-refractivity contribution in [1.29, 1.82) is 0 Å². The zero-order valence-corrected chi connectivity index (χ0v) is 27.4. The number of nitrogens with zero attached hydrogens (tertiary/aromatic N) is 2. The van der Waals surface area contributed by atoms with E-state index in [9.17, 15) is 18.0 Å². The Kier molecular flexibility index (Phi) is 11.3. The standard InChI is InChI=1S/C35H38ClN3O5S/c1-5-37-35(41)33(22-27-11-7-6-8-12-27)38(23-28-13-9-14-29(21-28)44-4)34(40)24-39(32-16-10-15-31(36)26(32)3)45(42,43)30-19-17-25(2)18-20-30/h6-21,33H,5,22-24H2,1-4H3,(H,37,41). The number of sulfonamides is 1. The minimum atomic E-state index is -4.23. The molecule has 0 aromatic heterocycles. The number of rotatable bonds is 13. The predicted octanol–water partition coefficient (Wildman–Crippen LogP) is 5.94. The van der Waals surface area contributed by atoms with Crippen LogP contribution in [0.2, 0.25) is 5.02 Å². The van der Waals surface area contributed by atoms with E-state index < -0.39 is 28.5 Å². The Hall–Kier alpha value is -4.34. The van der Waals surface area contributed by atoms with Gasteiger partial charge in [0.05, 0.1) is 17.7 Å². The van der Waals surface area contributed by atoms with Gasteiger partial charge in [0.2, 0.25) is 11.8 Å². The van der Waals surface area contributed by atoms with E-state index in [0.29, 0.717) is 22.9 Å². The minimum Gasteiger partial charge on any atom is -0.497 e. The van der Waals surface area contributed by atoms with Gasteiger partial charge in [-0.25, -0.2) is 8.42 Å². The van der Waals surface area contributed by atoms with Gasteiger partial charge in [0.15, 0.2) is 0 Å². The second kappa shape index (κ2) is 15.1. The fourth-order valence-electron chi connectivity index (χ4n) is 5.03. The highest BCUT2D eigenvalue weighted by molar-refractivity contribution is 7.92. The number of likely N-dealkylation sites (N-methyl/N-ethyl adjacent to an activating group) is 1. The van der Waals surface area contributed by atoms with Crippen molar-refractivity contribution in [1.82, 2.24) is 10.2 Å². The number of carbonyl (C=O) groups is 2. The van der Waals surface area contributed by atoms with Gasteiger partial charge in [-0.1, -0.05) is 77.8 Å². The molecule has 0 bridgehead atoms. The molecule has 45 heavy (non-hydrogen) atoms. The summed E-state index contributed by atoms with van der Waals surface area (Å²) in [6.45, 7) is 5.22. The molecule has 1 N–H and O–H groups in total. The van der Waals surface area contributed by atoms with Gasteiger partial charge in [-0.2, -0.15) is 0 Å². The largest absolute Gasteiger partial charge is 0.497 e. The van der Waals surface area contributed by atoms with Gasteiger partial charge in [-0.3, -0.25) is 13.9 Å². The van der Waals surface area contributed by atoms with E-state index in [0.717, 1.165) is 21.0 Å². The Morgan fingerprint density at radius 3 is 2.22 bits per heavy atom. The Balaban J connectivity index is 1.83. The second-order valence-electron chi connectivity index (χ2n) is 10.7. The number of aryl methyl sites for hydroxylation is 1. The molecule has 0 radical (unpaired) electrons. The van der Waals surface area contributed by atoms with Gasteiger partial charge in [0, 0.05) is 24.5 Å². The van der Waals surface area contributed by atoms with E-state index in [1.165, 1.54) is 17.0 Å². The summed E-state index contributed by atoms with van der Waals surface area (Å²) < 4.78 is 34.9. The first-order valence-electron chi connectivity index (χ1n) is 14.6. The number of anilines is 1. The molecule has 0 aliphatic rings. The molecule has 0 aliphatic heterocycles. The molecule has 0 heterocycles. The van der Waals surface area contributed by atoms with Crippen molar-refractivity contribution in [3.05, 3.63) is 124 Å². The van der Waals surface area contributed by atoms with Gasteiger partial charge in [0.25, 0.3) is 10.0 Å². The lowest BCUT2D eigenvalue weighted by atomic mass is 10.0. The van der Waals surface area contributed by atoms with Crippen LogP contribution in [0.1, 0.15) is 29.2 Å². The molecule has 0 saturated heterocycles. The summed E-state index contributed by atoms with van der Waals surface area (Å²) in [7, 11) is -2.68. The third kappa shape index (κ3) is 8.23. The Morgan fingerprint density at radius 1 is 0.889 bits per heavy atom. The van der Waals surface area contributed by atoms with E-state index >= 15 is 0 Å². The van der Waals surface area contributed by atoms with Crippen molar-refractivity contribution in [3.63, 3.8) is 0 Å². The molecule has 1 atom stereocenters. The third-order valence-corrected chi connectivity index (χ3v) is 9.69. The monoisotopic (exact) mass is 647 g/mol. The molecule has 2 amide bonds. The van der Waals surface area contributed by atoms with Gasteiger partial charge in [-0.15, -0.1) is 0 Å². The third-order valence-electron chi connectivity index (χ3n) is 7.50. The van der Waals surface area contributed by atoms with Crippen LogP contribution in [0.15, 0.2) is 102 Å². The summed E-state index contributed by atoms with van der Waals surface area (Å²) in [5, 5.41) is 3.23. The van der Waals surface area contributed by atoms with Crippen LogP contribution < -0.4 is 14.4 Å². The Labute approximate surface area is 270 Å². The van der Waals surface area contributed by atoms with E-state index in [1.807, 2.05) is 50.2 Å². The van der Waals surface area contributed by atoms with Crippen LogP contribution in [0, 0.1) is 13.8 Å². The first-order chi connectivity index (χ1) is 21.5. The zero-order chi connectivity index (χ0) is 32.6. The molecule has 4 rings (SSSR count). The molecule has 0 fully saturated rings. The Bertz CT molecular complexity index is 1730. The SMILES string of the molecule is CCNC(=O)C(Cc1ccccc1)N(Cc1cccc(OC)c1)C(=O)CN(c1cccc(Cl)c1C)S(=O)(=O)c1ccc(C)cc1. The first-order valence-corrected chi connectivity index (χ1v) is 16.5. The summed E-state index contributed by atoms with van der Waals surface area (Å²) >= 11 is 6.45. The molecular weight excluding hydrogens is 610 g/mol. The van der Waals surface area contributed by atoms with Gasteiger partial charge >= 0.3 is 0 Å². The number of hydrogen-bond acceptors (Lipinski definition) is 5. The number of hydrogen-bond donors (Lipinski definition) is 1. The lowest BCUT2D eigenvalue weighted by Gasteiger charge is -2.34. The molecule has 0 aliphatic carbocycles. The fraction of sp³-hybridized carbons (Fsp3) is 0.257. The average molecular weight is 648 g/mol. The van der Waals surface area contributed by atoms with Crippen LogP contribution in [0.3, 0.4) is 0 Å². The quantitative estimate of drug-likeness (QED) is 0.194. The van der Waals surface area contributed by atoms with Crippen molar-refractivity contribution in [2.45, 2.75) is 44.7 Å². The highest BCUT2D eigenvalue weighted by Gasteiger charge is 2.35. The van der Waals surface area contributed by atoms with Crippen molar-refractivity contribution in [2.75, 3.05) is 24.5 Å². The maximum Gasteiger partial charge on any atom is 0.264 e. The molecular formula is C35H38ClN3O5S. The molecule has 236 valence electrons. The number of carbonyl (C=O) groups excluding carboxylic acids is 2. The van der Waals surface area contributed by atoms with E-state index in [-0.39, 0.29) is 29.5 Å². The number of benzene rings is 4. The lowest BCUT2D eigenvalue weighted by molar-refractivity contribution is -0.140. The summed E-state index contributed by atoms with van der Waals surface area (Å²) in [6, 6.07) is 27.1.